The van der Waals surface area contributed by atoms with Crippen LogP contribution in [0, 0.1) is 6.92 Å². The van der Waals surface area contributed by atoms with Gasteiger partial charge >= 0.3 is 5.97 Å². The van der Waals surface area contributed by atoms with Gasteiger partial charge in [0.15, 0.2) is 5.70 Å². The number of esters is 1. The van der Waals surface area contributed by atoms with Gasteiger partial charge in [-0.15, -0.1) is 0 Å². The van der Waals surface area contributed by atoms with Gasteiger partial charge in [-0.1, -0.05) is 78.0 Å². The van der Waals surface area contributed by atoms with Crippen molar-refractivity contribution < 1.29 is 14.1 Å². The number of carbonyl (C=O) groups is 1. The van der Waals surface area contributed by atoms with Crippen LogP contribution in [0.5, 0.6) is 0 Å². The van der Waals surface area contributed by atoms with Crippen LogP contribution in [0.3, 0.4) is 0 Å². The highest BCUT2D eigenvalue weighted by Gasteiger charge is 2.30. The molecule has 0 aliphatic carbocycles. The van der Waals surface area contributed by atoms with Gasteiger partial charge in [0.2, 0.25) is 5.90 Å². The highest BCUT2D eigenvalue weighted by atomic mass is 16.6. The average Bonchev–Trinajstić information content (AvgIpc) is 3.31. The molecule has 0 atom stereocenters. The summed E-state index contributed by atoms with van der Waals surface area (Å²) in [5.41, 5.74) is 3.21. The summed E-state index contributed by atoms with van der Waals surface area (Å²) in [4.78, 5) is 17.0. The molecular weight excluding hydrogens is 364 g/mol. The zero-order valence-corrected chi connectivity index (χ0v) is 15.6. The van der Waals surface area contributed by atoms with Crippen LogP contribution in [0.1, 0.15) is 16.9 Å². The molecule has 0 saturated heterocycles. The molecular formula is C24H16N2O3. The summed E-state index contributed by atoms with van der Waals surface area (Å²) in [5, 5.41) is 6.28. The summed E-state index contributed by atoms with van der Waals surface area (Å²) in [7, 11) is 0. The largest absolute Gasteiger partial charge is 0.402 e. The van der Waals surface area contributed by atoms with Gasteiger partial charge in [0.1, 0.15) is 17.0 Å². The Balaban J connectivity index is 1.60. The van der Waals surface area contributed by atoms with Crippen molar-refractivity contribution in [2.75, 3.05) is 0 Å². The Hall–Kier alpha value is -3.99. The summed E-state index contributed by atoms with van der Waals surface area (Å²) in [5.74, 6) is 0.258. The molecule has 0 radical (unpaired) electrons. The molecule has 140 valence electrons. The molecule has 1 aliphatic rings. The first-order valence-electron chi connectivity index (χ1n) is 9.23. The Morgan fingerprint density at radius 1 is 0.897 bits per heavy atom. The van der Waals surface area contributed by atoms with E-state index >= 15 is 0 Å². The first-order chi connectivity index (χ1) is 14.2. The molecule has 0 unspecified atom stereocenters. The monoisotopic (exact) mass is 380 g/mol. The number of nitrogens with zero attached hydrogens (tertiary/aromatic N) is 2. The summed E-state index contributed by atoms with van der Waals surface area (Å²) >= 11 is 0. The van der Waals surface area contributed by atoms with Gasteiger partial charge in [-0.05, 0) is 29.3 Å². The SMILES string of the molecule is Cc1onc(-c2ccccc2)c1C1=N/C(=C\c2cccc3ccccc23)C(=O)O1. The summed E-state index contributed by atoms with van der Waals surface area (Å²) in [6.45, 7) is 1.78. The molecule has 29 heavy (non-hydrogen) atoms. The van der Waals surface area contributed by atoms with Crippen molar-refractivity contribution in [1.29, 1.82) is 0 Å². The normalized spacial score (nSPS) is 15.0. The fourth-order valence-corrected chi connectivity index (χ4v) is 3.46. The molecule has 1 aliphatic heterocycles. The lowest BCUT2D eigenvalue weighted by atomic mass is 10.0. The van der Waals surface area contributed by atoms with E-state index in [1.54, 1.807) is 13.0 Å². The Bertz CT molecular complexity index is 1290. The number of cyclic esters (lactones) is 1. The van der Waals surface area contributed by atoms with Crippen LogP contribution in [0.25, 0.3) is 28.1 Å². The molecule has 0 spiro atoms. The molecule has 5 nitrogen and oxygen atoms in total. The Morgan fingerprint density at radius 3 is 2.52 bits per heavy atom. The minimum absolute atomic E-state index is 0.207. The quantitative estimate of drug-likeness (QED) is 0.364. The Kier molecular flexibility index (Phi) is 4.06. The number of hydrogen-bond acceptors (Lipinski definition) is 5. The number of aliphatic imine (C=N–C) groups is 1. The third-order valence-electron chi connectivity index (χ3n) is 4.86. The van der Waals surface area contributed by atoms with E-state index in [0.717, 1.165) is 21.9 Å². The van der Waals surface area contributed by atoms with Gasteiger partial charge in [-0.3, -0.25) is 0 Å². The van der Waals surface area contributed by atoms with Crippen molar-refractivity contribution in [3.63, 3.8) is 0 Å². The second-order valence-electron chi connectivity index (χ2n) is 6.73. The molecule has 5 heteroatoms. The summed E-state index contributed by atoms with van der Waals surface area (Å²) in [6.07, 6.45) is 1.75. The van der Waals surface area contributed by atoms with Crippen molar-refractivity contribution in [1.82, 2.24) is 5.16 Å². The first kappa shape index (κ1) is 17.1. The summed E-state index contributed by atoms with van der Waals surface area (Å²) in [6, 6.07) is 23.5. The van der Waals surface area contributed by atoms with Crippen LogP contribution < -0.4 is 0 Å². The van der Waals surface area contributed by atoms with Gasteiger partial charge in [-0.25, -0.2) is 9.79 Å². The van der Waals surface area contributed by atoms with Crippen LogP contribution in [0.4, 0.5) is 0 Å². The van der Waals surface area contributed by atoms with E-state index in [1.165, 1.54) is 0 Å². The lowest BCUT2D eigenvalue weighted by Gasteiger charge is -2.01. The van der Waals surface area contributed by atoms with Crippen LogP contribution in [0.15, 0.2) is 88.0 Å². The smallest absolute Gasteiger partial charge is 0.363 e. The second kappa shape index (κ2) is 6.87. The van der Waals surface area contributed by atoms with Crippen molar-refractivity contribution in [2.24, 2.45) is 4.99 Å². The Labute approximate surface area is 166 Å². The number of fused-ring (bicyclic) bond motifs is 1. The molecule has 5 rings (SSSR count). The fourth-order valence-electron chi connectivity index (χ4n) is 3.46. The molecule has 3 aromatic carbocycles. The van der Waals surface area contributed by atoms with E-state index in [-0.39, 0.29) is 11.6 Å². The number of benzene rings is 3. The van der Waals surface area contributed by atoms with Crippen LogP contribution in [-0.4, -0.2) is 17.0 Å². The number of aromatic nitrogens is 1. The first-order valence-corrected chi connectivity index (χ1v) is 9.23. The average molecular weight is 380 g/mol. The zero-order valence-electron chi connectivity index (χ0n) is 15.6. The number of ether oxygens (including phenoxy) is 1. The van der Waals surface area contributed by atoms with Crippen molar-refractivity contribution in [3.8, 4) is 11.3 Å². The van der Waals surface area contributed by atoms with Gasteiger partial charge in [-0.2, -0.15) is 0 Å². The minimum Gasteiger partial charge on any atom is -0.402 e. The fraction of sp³-hybridized carbons (Fsp3) is 0.0417. The number of carbonyl (C=O) groups excluding carboxylic acids is 1. The third kappa shape index (κ3) is 3.02. The molecule has 0 bridgehead atoms. The van der Waals surface area contributed by atoms with Gasteiger partial charge in [0, 0.05) is 5.56 Å². The lowest BCUT2D eigenvalue weighted by molar-refractivity contribution is -0.129. The third-order valence-corrected chi connectivity index (χ3v) is 4.86. The number of rotatable bonds is 3. The van der Waals surface area contributed by atoms with Crippen molar-refractivity contribution >= 4 is 28.7 Å². The maximum absolute atomic E-state index is 12.5. The van der Waals surface area contributed by atoms with E-state index in [9.17, 15) is 4.79 Å². The van der Waals surface area contributed by atoms with Crippen molar-refractivity contribution in [2.45, 2.75) is 6.92 Å². The minimum atomic E-state index is -0.493. The predicted octanol–water partition coefficient (Wildman–Crippen LogP) is 5.15. The summed E-state index contributed by atoms with van der Waals surface area (Å²) < 4.78 is 10.9. The molecule has 2 heterocycles. The van der Waals surface area contributed by atoms with Crippen LogP contribution in [0.2, 0.25) is 0 Å². The lowest BCUT2D eigenvalue weighted by Crippen LogP contribution is -2.07. The molecule has 0 N–H and O–H groups in total. The van der Waals surface area contributed by atoms with Crippen LogP contribution in [-0.2, 0) is 9.53 Å². The van der Waals surface area contributed by atoms with E-state index in [0.29, 0.717) is 17.0 Å². The van der Waals surface area contributed by atoms with E-state index < -0.39 is 5.97 Å². The maximum atomic E-state index is 12.5. The molecule has 4 aromatic rings. The highest BCUT2D eigenvalue weighted by Crippen LogP contribution is 2.30. The zero-order chi connectivity index (χ0) is 19.8. The number of aryl methyl sites for hydroxylation is 1. The van der Waals surface area contributed by atoms with E-state index in [1.807, 2.05) is 72.8 Å². The predicted molar refractivity (Wildman–Crippen MR) is 111 cm³/mol. The Morgan fingerprint density at radius 2 is 1.66 bits per heavy atom. The molecule has 0 saturated carbocycles. The molecule has 0 amide bonds. The molecule has 1 aromatic heterocycles. The van der Waals surface area contributed by atoms with Gasteiger partial charge in [0.05, 0.1) is 0 Å². The van der Waals surface area contributed by atoms with Gasteiger partial charge in [0.25, 0.3) is 0 Å². The topological polar surface area (TPSA) is 64.7 Å². The van der Waals surface area contributed by atoms with E-state index in [4.69, 9.17) is 9.26 Å². The standard InChI is InChI=1S/C24H16N2O3/c1-15-21(22(26-29-15)17-9-3-2-4-10-17)23-25-20(24(27)28-23)14-18-12-7-11-16-8-5-6-13-19(16)18/h2-14H,1H3/b20-14-. The number of hydrogen-bond donors (Lipinski definition) is 0. The second-order valence-corrected chi connectivity index (χ2v) is 6.73. The van der Waals surface area contributed by atoms with Crippen molar-refractivity contribution in [3.05, 3.63) is 95.4 Å². The maximum Gasteiger partial charge on any atom is 0.363 e. The van der Waals surface area contributed by atoms with Crippen LogP contribution >= 0.6 is 0 Å². The highest BCUT2D eigenvalue weighted by molar-refractivity contribution is 6.15. The van der Waals surface area contributed by atoms with Gasteiger partial charge < -0.3 is 9.26 Å². The van der Waals surface area contributed by atoms with E-state index in [2.05, 4.69) is 10.1 Å². The molecule has 0 fully saturated rings.